The molecule has 29 heavy (non-hydrogen) atoms. The molecule has 0 aliphatic rings. The summed E-state index contributed by atoms with van der Waals surface area (Å²) >= 11 is 0. The van der Waals surface area contributed by atoms with Crippen molar-refractivity contribution < 1.29 is 18.0 Å². The Morgan fingerprint density at radius 2 is 1.59 bits per heavy atom. The summed E-state index contributed by atoms with van der Waals surface area (Å²) in [6.45, 7) is 4.19. The molecule has 1 aromatic heterocycles. The molecule has 0 aliphatic carbocycles. The van der Waals surface area contributed by atoms with Gasteiger partial charge in [-0.25, -0.2) is 13.1 Å². The summed E-state index contributed by atoms with van der Waals surface area (Å²) in [7, 11) is -3.67. The number of rotatable bonds is 10. The molecule has 2 rings (SSSR count). The Morgan fingerprint density at radius 3 is 2.28 bits per heavy atom. The van der Waals surface area contributed by atoms with Crippen LogP contribution < -0.4 is 15.4 Å². The summed E-state index contributed by atoms with van der Waals surface area (Å²) in [6.07, 6.45) is 3.43. The Labute approximate surface area is 171 Å². The number of pyridine rings is 1. The number of sulfonamides is 1. The molecule has 0 unspecified atom stereocenters. The number of amides is 2. The number of nitrogens with one attached hydrogen (secondary N) is 3. The minimum atomic E-state index is -3.67. The second-order valence-electron chi connectivity index (χ2n) is 6.65. The molecule has 1 heterocycles. The lowest BCUT2D eigenvalue weighted by Gasteiger charge is -2.10. The van der Waals surface area contributed by atoms with Crippen LogP contribution in [0, 0.1) is 13.8 Å². The highest BCUT2D eigenvalue weighted by atomic mass is 32.2. The summed E-state index contributed by atoms with van der Waals surface area (Å²) in [4.78, 5) is 27.7. The van der Waals surface area contributed by atoms with Crippen LogP contribution in [0.4, 0.5) is 0 Å². The van der Waals surface area contributed by atoms with Crippen LogP contribution in [0.1, 0.15) is 29.5 Å². The lowest BCUT2D eigenvalue weighted by atomic mass is 10.2. The summed E-state index contributed by atoms with van der Waals surface area (Å²) in [5.74, 6) is -0.507. The summed E-state index contributed by atoms with van der Waals surface area (Å²) in [5, 5.41) is 5.37. The smallest absolute Gasteiger partial charge is 0.240 e. The maximum atomic E-state index is 12.3. The van der Waals surface area contributed by atoms with Crippen LogP contribution >= 0.6 is 0 Å². The fraction of sp³-hybridized carbons (Fsp3) is 0.350. The van der Waals surface area contributed by atoms with Crippen molar-refractivity contribution in [1.82, 2.24) is 20.3 Å². The summed E-state index contributed by atoms with van der Waals surface area (Å²) in [6, 6.07) is 8.69. The summed E-state index contributed by atoms with van der Waals surface area (Å²) < 4.78 is 27.1. The molecule has 0 radical (unpaired) electrons. The van der Waals surface area contributed by atoms with E-state index in [9.17, 15) is 18.0 Å². The molecule has 156 valence electrons. The van der Waals surface area contributed by atoms with Gasteiger partial charge in [0.2, 0.25) is 21.8 Å². The second-order valence-corrected chi connectivity index (χ2v) is 8.38. The van der Waals surface area contributed by atoms with Crippen LogP contribution in [0.15, 0.2) is 47.6 Å². The van der Waals surface area contributed by atoms with Crippen LogP contribution in [0.3, 0.4) is 0 Å². The monoisotopic (exact) mass is 418 g/mol. The minimum absolute atomic E-state index is 0.0111. The lowest BCUT2D eigenvalue weighted by Crippen LogP contribution is -2.33. The molecule has 2 aromatic rings. The maximum absolute atomic E-state index is 12.3. The summed E-state index contributed by atoms with van der Waals surface area (Å²) in [5.41, 5.74) is 2.57. The van der Waals surface area contributed by atoms with Gasteiger partial charge in [0.25, 0.3) is 0 Å². The van der Waals surface area contributed by atoms with Gasteiger partial charge in [0, 0.05) is 44.9 Å². The number of aromatic nitrogens is 1. The van der Waals surface area contributed by atoms with Gasteiger partial charge >= 0.3 is 0 Å². The molecule has 3 N–H and O–H groups in total. The number of carbonyl (C=O) groups excluding carboxylic acids is 2. The third-order valence-electron chi connectivity index (χ3n) is 4.18. The molecule has 0 saturated heterocycles. The van der Waals surface area contributed by atoms with E-state index in [1.165, 1.54) is 0 Å². The largest absolute Gasteiger partial charge is 0.356 e. The van der Waals surface area contributed by atoms with Crippen molar-refractivity contribution in [3.8, 4) is 0 Å². The van der Waals surface area contributed by atoms with Crippen molar-refractivity contribution in [1.29, 1.82) is 0 Å². The van der Waals surface area contributed by atoms with Gasteiger partial charge in [0.1, 0.15) is 0 Å². The Bertz CT molecular complexity index is 946. The molecule has 0 saturated carbocycles. The minimum Gasteiger partial charge on any atom is -0.356 e. The van der Waals surface area contributed by atoms with Crippen LogP contribution in [-0.2, 0) is 26.2 Å². The van der Waals surface area contributed by atoms with Gasteiger partial charge in [-0.3, -0.25) is 14.6 Å². The molecular weight excluding hydrogens is 392 g/mol. The maximum Gasteiger partial charge on any atom is 0.240 e. The van der Waals surface area contributed by atoms with E-state index in [0.717, 1.165) is 11.1 Å². The highest BCUT2D eigenvalue weighted by molar-refractivity contribution is 7.89. The molecule has 0 fully saturated rings. The van der Waals surface area contributed by atoms with Gasteiger partial charge in [-0.15, -0.1) is 0 Å². The normalized spacial score (nSPS) is 11.1. The van der Waals surface area contributed by atoms with Crippen molar-refractivity contribution in [2.24, 2.45) is 0 Å². The fourth-order valence-electron chi connectivity index (χ4n) is 2.67. The average molecular weight is 419 g/mol. The van der Waals surface area contributed by atoms with Gasteiger partial charge in [0.15, 0.2) is 0 Å². The number of aryl methyl sites for hydroxylation is 2. The Morgan fingerprint density at radius 1 is 0.931 bits per heavy atom. The number of benzene rings is 1. The third-order valence-corrected chi connectivity index (χ3v) is 5.80. The fourth-order valence-corrected chi connectivity index (χ4v) is 3.93. The van der Waals surface area contributed by atoms with Crippen molar-refractivity contribution in [2.45, 2.75) is 38.1 Å². The standard InChI is InChI=1S/C20H26N4O4S/c1-15-3-4-18(16(2)13-15)29(27,28)24-12-8-19(25)22-11-7-20(26)23-14-17-5-9-21-10-6-17/h3-6,9-10,13,24H,7-8,11-12,14H2,1-2H3,(H,22,25)(H,23,26). The van der Waals surface area contributed by atoms with Crippen molar-refractivity contribution in [2.75, 3.05) is 13.1 Å². The molecule has 8 nitrogen and oxygen atoms in total. The topological polar surface area (TPSA) is 117 Å². The van der Waals surface area contributed by atoms with Gasteiger partial charge in [-0.1, -0.05) is 17.7 Å². The average Bonchev–Trinajstić information content (AvgIpc) is 2.66. The molecule has 2 amide bonds. The molecule has 1 aromatic carbocycles. The van der Waals surface area contributed by atoms with E-state index in [0.29, 0.717) is 12.1 Å². The van der Waals surface area contributed by atoms with E-state index in [-0.39, 0.29) is 42.6 Å². The molecule has 9 heteroatoms. The second kappa shape index (κ2) is 10.7. The first kappa shape index (κ1) is 22.5. The van der Waals surface area contributed by atoms with E-state index >= 15 is 0 Å². The molecule has 0 bridgehead atoms. The van der Waals surface area contributed by atoms with Gasteiger partial charge in [-0.05, 0) is 43.2 Å². The molecule has 0 spiro atoms. The van der Waals surface area contributed by atoms with E-state index < -0.39 is 10.0 Å². The first-order chi connectivity index (χ1) is 13.8. The number of nitrogens with zero attached hydrogens (tertiary/aromatic N) is 1. The lowest BCUT2D eigenvalue weighted by molar-refractivity contribution is -0.122. The van der Waals surface area contributed by atoms with Crippen LogP contribution in [0.2, 0.25) is 0 Å². The van der Waals surface area contributed by atoms with Crippen molar-refractivity contribution >= 4 is 21.8 Å². The number of hydrogen-bond donors (Lipinski definition) is 3. The zero-order valence-corrected chi connectivity index (χ0v) is 17.4. The van der Waals surface area contributed by atoms with E-state index in [2.05, 4.69) is 20.3 Å². The van der Waals surface area contributed by atoms with Crippen LogP contribution in [0.5, 0.6) is 0 Å². The molecule has 0 aliphatic heterocycles. The van der Waals surface area contributed by atoms with Gasteiger partial charge < -0.3 is 10.6 Å². The number of carbonyl (C=O) groups is 2. The van der Waals surface area contributed by atoms with Crippen molar-refractivity contribution in [3.63, 3.8) is 0 Å². The van der Waals surface area contributed by atoms with Gasteiger partial charge in [0.05, 0.1) is 4.90 Å². The van der Waals surface area contributed by atoms with E-state index in [1.54, 1.807) is 49.6 Å². The highest BCUT2D eigenvalue weighted by Gasteiger charge is 2.16. The first-order valence-corrected chi connectivity index (χ1v) is 10.8. The Balaban J connectivity index is 1.66. The first-order valence-electron chi connectivity index (χ1n) is 9.27. The quantitative estimate of drug-likeness (QED) is 0.536. The highest BCUT2D eigenvalue weighted by Crippen LogP contribution is 2.16. The SMILES string of the molecule is Cc1ccc(S(=O)(=O)NCCC(=O)NCCC(=O)NCc2ccncc2)c(C)c1. The Hall–Kier alpha value is -2.78. The third kappa shape index (κ3) is 7.63. The number of hydrogen-bond acceptors (Lipinski definition) is 5. The predicted molar refractivity (Wildman–Crippen MR) is 109 cm³/mol. The van der Waals surface area contributed by atoms with Gasteiger partial charge in [-0.2, -0.15) is 0 Å². The Kier molecular flexibility index (Phi) is 8.29. The van der Waals surface area contributed by atoms with E-state index in [1.807, 2.05) is 6.92 Å². The molecular formula is C20H26N4O4S. The predicted octanol–water partition coefficient (Wildman–Crippen LogP) is 1.19. The van der Waals surface area contributed by atoms with Crippen molar-refractivity contribution in [3.05, 3.63) is 59.4 Å². The van der Waals surface area contributed by atoms with Crippen LogP contribution in [-0.4, -0.2) is 38.3 Å². The zero-order valence-electron chi connectivity index (χ0n) is 16.6. The van der Waals surface area contributed by atoms with E-state index in [4.69, 9.17) is 0 Å². The van der Waals surface area contributed by atoms with Crippen LogP contribution in [0.25, 0.3) is 0 Å². The zero-order chi connectivity index (χ0) is 21.3. The molecule has 0 atom stereocenters.